The SMILES string of the molecule is Cc1c(C(=O)Nn2cnc3ccccc32)sc2nc3n(c(=O)c12)CCC3. The fourth-order valence-electron chi connectivity index (χ4n) is 3.50. The summed E-state index contributed by atoms with van der Waals surface area (Å²) >= 11 is 1.27. The number of imidazole rings is 1. The zero-order valence-electron chi connectivity index (χ0n) is 14.0. The Balaban J connectivity index is 1.59. The predicted molar refractivity (Wildman–Crippen MR) is 100 cm³/mol. The molecule has 1 aromatic carbocycles. The van der Waals surface area contributed by atoms with Gasteiger partial charge in [-0.2, -0.15) is 0 Å². The van der Waals surface area contributed by atoms with Crippen molar-refractivity contribution in [3.8, 4) is 0 Å². The Hall–Kier alpha value is -3.00. The van der Waals surface area contributed by atoms with Gasteiger partial charge in [0.05, 0.1) is 21.3 Å². The van der Waals surface area contributed by atoms with E-state index in [0.29, 0.717) is 27.2 Å². The predicted octanol–water partition coefficient (Wildman–Crippen LogP) is 2.45. The van der Waals surface area contributed by atoms with Crippen molar-refractivity contribution >= 4 is 38.5 Å². The normalized spacial score (nSPS) is 13.4. The summed E-state index contributed by atoms with van der Waals surface area (Å²) in [6.07, 6.45) is 3.33. The number of aromatic nitrogens is 4. The van der Waals surface area contributed by atoms with E-state index in [9.17, 15) is 9.59 Å². The third kappa shape index (κ3) is 2.12. The van der Waals surface area contributed by atoms with E-state index in [-0.39, 0.29) is 11.5 Å². The Morgan fingerprint density at radius 1 is 1.31 bits per heavy atom. The number of hydrogen-bond acceptors (Lipinski definition) is 5. The smallest absolute Gasteiger partial charge is 0.280 e. The molecule has 1 aliphatic heterocycles. The quantitative estimate of drug-likeness (QED) is 0.592. The number of carbonyl (C=O) groups excluding carboxylic acids is 1. The van der Waals surface area contributed by atoms with Crippen molar-refractivity contribution in [3.63, 3.8) is 0 Å². The van der Waals surface area contributed by atoms with Crippen LogP contribution in [0.25, 0.3) is 21.3 Å². The number of amides is 1. The van der Waals surface area contributed by atoms with Crippen LogP contribution in [0.5, 0.6) is 0 Å². The summed E-state index contributed by atoms with van der Waals surface area (Å²) in [5.41, 5.74) is 5.12. The maximum absolute atomic E-state index is 12.8. The second-order valence-corrected chi connectivity index (χ2v) is 7.37. The minimum Gasteiger partial charge on any atom is -0.296 e. The molecule has 7 nitrogen and oxygen atoms in total. The molecule has 0 bridgehead atoms. The molecular formula is C18H15N5O2S. The average molecular weight is 365 g/mol. The molecule has 8 heteroatoms. The Labute approximate surface area is 151 Å². The second-order valence-electron chi connectivity index (χ2n) is 6.37. The van der Waals surface area contributed by atoms with E-state index in [1.165, 1.54) is 11.3 Å². The van der Waals surface area contributed by atoms with Crippen LogP contribution in [-0.4, -0.2) is 25.1 Å². The van der Waals surface area contributed by atoms with Crippen LogP contribution in [0.3, 0.4) is 0 Å². The molecule has 1 amide bonds. The molecule has 0 fully saturated rings. The zero-order chi connectivity index (χ0) is 17.8. The standard InChI is InChI=1S/C18H15N5O2S/c1-10-14-17(20-13-7-4-8-22(13)18(14)25)26-15(10)16(24)21-23-9-19-11-5-2-3-6-12(11)23/h2-3,5-6,9H,4,7-8H2,1H3,(H,21,24). The van der Waals surface area contributed by atoms with Gasteiger partial charge in [-0.1, -0.05) is 12.1 Å². The second kappa shape index (κ2) is 5.50. The fraction of sp³-hybridized carbons (Fsp3) is 0.222. The van der Waals surface area contributed by atoms with E-state index in [0.717, 1.165) is 29.7 Å². The van der Waals surface area contributed by atoms with Gasteiger partial charge in [-0.05, 0) is 31.0 Å². The van der Waals surface area contributed by atoms with Crippen LogP contribution in [0, 0.1) is 6.92 Å². The summed E-state index contributed by atoms with van der Waals surface area (Å²) in [6, 6.07) is 7.56. The van der Waals surface area contributed by atoms with Gasteiger partial charge in [0.1, 0.15) is 17.0 Å². The molecule has 26 heavy (non-hydrogen) atoms. The van der Waals surface area contributed by atoms with Gasteiger partial charge in [0.2, 0.25) is 0 Å². The van der Waals surface area contributed by atoms with Crippen LogP contribution in [-0.2, 0) is 13.0 Å². The van der Waals surface area contributed by atoms with E-state index >= 15 is 0 Å². The van der Waals surface area contributed by atoms with Crippen molar-refractivity contribution in [1.82, 2.24) is 19.2 Å². The number of fused-ring (bicyclic) bond motifs is 3. The molecule has 5 rings (SSSR count). The van der Waals surface area contributed by atoms with Crippen molar-refractivity contribution in [2.45, 2.75) is 26.3 Å². The lowest BCUT2D eigenvalue weighted by atomic mass is 10.2. The molecule has 0 aliphatic carbocycles. The van der Waals surface area contributed by atoms with Crippen LogP contribution in [0.1, 0.15) is 27.5 Å². The molecule has 4 heterocycles. The lowest BCUT2D eigenvalue weighted by Gasteiger charge is -2.06. The summed E-state index contributed by atoms with van der Waals surface area (Å²) in [6.45, 7) is 2.51. The highest BCUT2D eigenvalue weighted by Gasteiger charge is 2.23. The van der Waals surface area contributed by atoms with Crippen LogP contribution >= 0.6 is 11.3 Å². The molecule has 1 N–H and O–H groups in total. The molecule has 0 spiro atoms. The number of hydrogen-bond donors (Lipinski definition) is 1. The Morgan fingerprint density at radius 2 is 2.15 bits per heavy atom. The van der Waals surface area contributed by atoms with Gasteiger partial charge >= 0.3 is 0 Å². The molecule has 3 aromatic heterocycles. The average Bonchev–Trinajstić information content (AvgIpc) is 3.34. The highest BCUT2D eigenvalue weighted by molar-refractivity contribution is 7.20. The maximum Gasteiger partial charge on any atom is 0.280 e. The van der Waals surface area contributed by atoms with Crippen LogP contribution in [0.15, 0.2) is 35.4 Å². The summed E-state index contributed by atoms with van der Waals surface area (Å²) in [5, 5.41) is 0.557. The van der Waals surface area contributed by atoms with Crippen molar-refractivity contribution < 1.29 is 4.79 Å². The van der Waals surface area contributed by atoms with E-state index in [4.69, 9.17) is 0 Å². The number of aryl methyl sites for hydroxylation is 2. The minimum atomic E-state index is -0.266. The van der Waals surface area contributed by atoms with Crippen LogP contribution < -0.4 is 11.0 Å². The number of para-hydroxylation sites is 2. The molecule has 0 atom stereocenters. The lowest BCUT2D eigenvalue weighted by Crippen LogP contribution is -2.22. The number of benzene rings is 1. The van der Waals surface area contributed by atoms with E-state index in [2.05, 4.69) is 15.4 Å². The highest BCUT2D eigenvalue weighted by Crippen LogP contribution is 2.28. The van der Waals surface area contributed by atoms with E-state index < -0.39 is 0 Å². The van der Waals surface area contributed by atoms with Gasteiger partial charge in [0.25, 0.3) is 11.5 Å². The van der Waals surface area contributed by atoms with Crippen molar-refractivity contribution in [3.05, 3.63) is 57.2 Å². The van der Waals surface area contributed by atoms with Crippen molar-refractivity contribution in [1.29, 1.82) is 0 Å². The van der Waals surface area contributed by atoms with E-state index in [1.807, 2.05) is 31.2 Å². The van der Waals surface area contributed by atoms with Gasteiger partial charge < -0.3 is 0 Å². The summed E-state index contributed by atoms with van der Waals surface area (Å²) < 4.78 is 3.33. The van der Waals surface area contributed by atoms with Crippen molar-refractivity contribution in [2.75, 3.05) is 5.43 Å². The van der Waals surface area contributed by atoms with Gasteiger partial charge in [-0.25, -0.2) is 14.6 Å². The van der Waals surface area contributed by atoms with Gasteiger partial charge in [0, 0.05) is 13.0 Å². The first-order chi connectivity index (χ1) is 12.6. The number of nitrogens with zero attached hydrogens (tertiary/aromatic N) is 4. The Kier molecular flexibility index (Phi) is 3.23. The Morgan fingerprint density at radius 3 is 3.04 bits per heavy atom. The number of nitrogens with one attached hydrogen (secondary N) is 1. The summed E-state index contributed by atoms with van der Waals surface area (Å²) in [4.78, 5) is 35.6. The molecule has 1 aliphatic rings. The van der Waals surface area contributed by atoms with Crippen LogP contribution in [0.4, 0.5) is 0 Å². The first-order valence-corrected chi connectivity index (χ1v) is 9.21. The molecule has 4 aromatic rings. The molecule has 0 radical (unpaired) electrons. The molecule has 0 saturated carbocycles. The fourth-order valence-corrected chi connectivity index (χ4v) is 4.58. The third-order valence-electron chi connectivity index (χ3n) is 4.79. The van der Waals surface area contributed by atoms with E-state index in [1.54, 1.807) is 15.6 Å². The van der Waals surface area contributed by atoms with Crippen molar-refractivity contribution in [2.24, 2.45) is 0 Å². The number of thiophene rings is 1. The summed E-state index contributed by atoms with van der Waals surface area (Å²) in [5.74, 6) is 0.550. The topological polar surface area (TPSA) is 81.8 Å². The van der Waals surface area contributed by atoms with Gasteiger partial charge in [-0.15, -0.1) is 11.3 Å². The summed E-state index contributed by atoms with van der Waals surface area (Å²) in [7, 11) is 0. The van der Waals surface area contributed by atoms with Gasteiger partial charge in [-0.3, -0.25) is 19.6 Å². The molecule has 0 saturated heterocycles. The number of rotatable bonds is 2. The van der Waals surface area contributed by atoms with Gasteiger partial charge in [0.15, 0.2) is 0 Å². The zero-order valence-corrected chi connectivity index (χ0v) is 14.8. The number of carbonyl (C=O) groups is 1. The maximum atomic E-state index is 12.8. The minimum absolute atomic E-state index is 0.0385. The Bertz CT molecular complexity index is 1250. The first kappa shape index (κ1) is 15.3. The molecular weight excluding hydrogens is 350 g/mol. The first-order valence-electron chi connectivity index (χ1n) is 8.40. The highest BCUT2D eigenvalue weighted by atomic mass is 32.1. The van der Waals surface area contributed by atoms with Crippen LogP contribution in [0.2, 0.25) is 0 Å². The lowest BCUT2D eigenvalue weighted by molar-refractivity contribution is 0.101. The largest absolute Gasteiger partial charge is 0.296 e. The molecule has 0 unspecified atom stereocenters. The molecule has 130 valence electrons. The third-order valence-corrected chi connectivity index (χ3v) is 5.98. The monoisotopic (exact) mass is 365 g/mol.